The highest BCUT2D eigenvalue weighted by Gasteiger charge is 2.30. The van der Waals surface area contributed by atoms with Crippen LogP contribution < -0.4 is 0 Å². The van der Waals surface area contributed by atoms with Crippen LogP contribution in [0.2, 0.25) is 0 Å². The van der Waals surface area contributed by atoms with E-state index in [0.717, 1.165) is 18.4 Å². The number of pyridine rings is 1. The van der Waals surface area contributed by atoms with E-state index < -0.39 is 0 Å². The van der Waals surface area contributed by atoms with Crippen molar-refractivity contribution in [2.24, 2.45) is 5.92 Å². The summed E-state index contributed by atoms with van der Waals surface area (Å²) in [6.07, 6.45) is 5.44. The van der Waals surface area contributed by atoms with Gasteiger partial charge in [0.2, 0.25) is 11.7 Å². The first kappa shape index (κ1) is 13.2. The van der Waals surface area contributed by atoms with E-state index in [1.807, 2.05) is 24.1 Å². The van der Waals surface area contributed by atoms with Gasteiger partial charge in [0.1, 0.15) is 0 Å². The van der Waals surface area contributed by atoms with Gasteiger partial charge in [0, 0.05) is 24.5 Å². The molecule has 0 amide bonds. The van der Waals surface area contributed by atoms with Crippen molar-refractivity contribution in [1.82, 2.24) is 20.0 Å². The fourth-order valence-corrected chi connectivity index (χ4v) is 2.18. The van der Waals surface area contributed by atoms with E-state index in [9.17, 15) is 5.11 Å². The van der Waals surface area contributed by atoms with Gasteiger partial charge in [-0.2, -0.15) is 4.98 Å². The zero-order valence-electron chi connectivity index (χ0n) is 11.4. The first-order chi connectivity index (χ1) is 9.72. The molecule has 20 heavy (non-hydrogen) atoms. The van der Waals surface area contributed by atoms with E-state index in [1.165, 1.54) is 0 Å². The summed E-state index contributed by atoms with van der Waals surface area (Å²) in [5.41, 5.74) is 0.836. The molecule has 106 valence electrons. The highest BCUT2D eigenvalue weighted by Crippen LogP contribution is 2.32. The molecule has 1 aliphatic carbocycles. The molecule has 1 unspecified atom stereocenters. The van der Waals surface area contributed by atoms with Crippen LogP contribution in [0, 0.1) is 5.92 Å². The van der Waals surface area contributed by atoms with E-state index >= 15 is 0 Å². The summed E-state index contributed by atoms with van der Waals surface area (Å²) in [5.74, 6) is 1.57. The predicted molar refractivity (Wildman–Crippen MR) is 72.6 cm³/mol. The molecule has 0 radical (unpaired) electrons. The number of likely N-dealkylation sites (N-methyl/N-ethyl adjacent to an activating group) is 1. The normalized spacial score (nSPS) is 16.6. The first-order valence-electron chi connectivity index (χ1n) is 6.82. The van der Waals surface area contributed by atoms with Crippen LogP contribution in [0.3, 0.4) is 0 Å². The summed E-state index contributed by atoms with van der Waals surface area (Å²) < 4.78 is 5.24. The van der Waals surface area contributed by atoms with Crippen LogP contribution in [-0.2, 0) is 6.54 Å². The quantitative estimate of drug-likeness (QED) is 0.856. The topological polar surface area (TPSA) is 75.3 Å². The van der Waals surface area contributed by atoms with Gasteiger partial charge in [-0.05, 0) is 37.9 Å². The maximum atomic E-state index is 9.90. The van der Waals surface area contributed by atoms with Gasteiger partial charge in [-0.1, -0.05) is 5.16 Å². The van der Waals surface area contributed by atoms with Crippen molar-refractivity contribution in [2.75, 3.05) is 13.6 Å². The molecule has 6 heteroatoms. The average Bonchev–Trinajstić information content (AvgIpc) is 3.21. The van der Waals surface area contributed by atoms with Gasteiger partial charge >= 0.3 is 0 Å². The third kappa shape index (κ3) is 3.20. The van der Waals surface area contributed by atoms with Crippen LogP contribution in [-0.4, -0.2) is 44.8 Å². The van der Waals surface area contributed by atoms with E-state index in [-0.39, 0.29) is 6.10 Å². The summed E-state index contributed by atoms with van der Waals surface area (Å²) in [5, 5.41) is 13.9. The molecule has 2 aromatic rings. The minimum absolute atomic E-state index is 0.249. The van der Waals surface area contributed by atoms with Crippen molar-refractivity contribution in [3.63, 3.8) is 0 Å². The Hall–Kier alpha value is -1.79. The maximum absolute atomic E-state index is 9.90. The Balaban J connectivity index is 1.59. The zero-order chi connectivity index (χ0) is 13.9. The Morgan fingerprint density at radius 1 is 1.50 bits per heavy atom. The first-order valence-corrected chi connectivity index (χ1v) is 6.82. The Bertz CT molecular complexity index is 553. The van der Waals surface area contributed by atoms with E-state index in [2.05, 4.69) is 15.1 Å². The standard InChI is InChI=1S/C14H18N4O2/c1-18(8-12(19)10-4-5-10)9-13-16-14(17-20-13)11-3-2-6-15-7-11/h2-3,6-7,10,12,19H,4-5,8-9H2,1H3. The van der Waals surface area contributed by atoms with Crippen molar-refractivity contribution in [1.29, 1.82) is 0 Å². The Kier molecular flexibility index (Phi) is 3.75. The molecule has 1 aliphatic rings. The molecule has 1 fully saturated rings. The molecule has 0 aliphatic heterocycles. The van der Waals surface area contributed by atoms with Crippen molar-refractivity contribution in [2.45, 2.75) is 25.5 Å². The van der Waals surface area contributed by atoms with Crippen LogP contribution in [0.4, 0.5) is 0 Å². The number of hydrogen-bond donors (Lipinski definition) is 1. The molecular weight excluding hydrogens is 256 g/mol. The molecular formula is C14H18N4O2. The van der Waals surface area contributed by atoms with Crippen molar-refractivity contribution in [3.8, 4) is 11.4 Å². The molecule has 2 heterocycles. The molecule has 0 spiro atoms. The predicted octanol–water partition coefficient (Wildman–Crippen LogP) is 1.33. The number of aliphatic hydroxyl groups excluding tert-OH is 1. The summed E-state index contributed by atoms with van der Waals surface area (Å²) >= 11 is 0. The minimum atomic E-state index is -0.249. The fraction of sp³-hybridized carbons (Fsp3) is 0.500. The maximum Gasteiger partial charge on any atom is 0.241 e. The minimum Gasteiger partial charge on any atom is -0.392 e. The second-order valence-electron chi connectivity index (χ2n) is 5.35. The van der Waals surface area contributed by atoms with Gasteiger partial charge in [-0.15, -0.1) is 0 Å². The lowest BCUT2D eigenvalue weighted by Gasteiger charge is -2.18. The molecule has 3 rings (SSSR count). The monoisotopic (exact) mass is 274 g/mol. The van der Waals surface area contributed by atoms with Crippen molar-refractivity contribution in [3.05, 3.63) is 30.4 Å². The van der Waals surface area contributed by atoms with Gasteiger partial charge in [0.05, 0.1) is 12.6 Å². The number of hydrogen-bond acceptors (Lipinski definition) is 6. The zero-order valence-corrected chi connectivity index (χ0v) is 11.4. The molecule has 1 atom stereocenters. The van der Waals surface area contributed by atoms with E-state index in [4.69, 9.17) is 4.52 Å². The Morgan fingerprint density at radius 2 is 2.35 bits per heavy atom. The van der Waals surface area contributed by atoms with Crippen LogP contribution in [0.5, 0.6) is 0 Å². The highest BCUT2D eigenvalue weighted by molar-refractivity contribution is 5.51. The molecule has 1 N–H and O–H groups in total. The Labute approximate surface area is 117 Å². The Morgan fingerprint density at radius 3 is 3.05 bits per heavy atom. The highest BCUT2D eigenvalue weighted by atomic mass is 16.5. The smallest absolute Gasteiger partial charge is 0.241 e. The second kappa shape index (κ2) is 5.68. The number of aliphatic hydroxyl groups is 1. The van der Waals surface area contributed by atoms with Crippen LogP contribution in [0.15, 0.2) is 29.0 Å². The number of aromatic nitrogens is 3. The van der Waals surface area contributed by atoms with Gasteiger partial charge in [-0.25, -0.2) is 0 Å². The second-order valence-corrected chi connectivity index (χ2v) is 5.35. The lowest BCUT2D eigenvalue weighted by molar-refractivity contribution is 0.0992. The van der Waals surface area contributed by atoms with Gasteiger partial charge in [-0.3, -0.25) is 9.88 Å². The lowest BCUT2D eigenvalue weighted by Crippen LogP contribution is -2.30. The van der Waals surface area contributed by atoms with Crippen LogP contribution >= 0.6 is 0 Å². The van der Waals surface area contributed by atoms with Crippen molar-refractivity contribution < 1.29 is 9.63 Å². The molecule has 2 aromatic heterocycles. The molecule has 0 aromatic carbocycles. The summed E-state index contributed by atoms with van der Waals surface area (Å²) in [6.45, 7) is 1.17. The van der Waals surface area contributed by atoms with Gasteiger partial charge in [0.25, 0.3) is 0 Å². The number of nitrogens with zero attached hydrogens (tertiary/aromatic N) is 4. The molecule has 6 nitrogen and oxygen atoms in total. The molecule has 0 saturated heterocycles. The number of rotatable bonds is 6. The van der Waals surface area contributed by atoms with E-state index in [0.29, 0.717) is 30.7 Å². The van der Waals surface area contributed by atoms with Gasteiger partial charge in [0.15, 0.2) is 0 Å². The summed E-state index contributed by atoms with van der Waals surface area (Å²) in [6, 6.07) is 3.73. The molecule has 0 bridgehead atoms. The van der Waals surface area contributed by atoms with Crippen molar-refractivity contribution >= 4 is 0 Å². The molecule has 1 saturated carbocycles. The van der Waals surface area contributed by atoms with Gasteiger partial charge < -0.3 is 9.63 Å². The largest absolute Gasteiger partial charge is 0.392 e. The summed E-state index contributed by atoms with van der Waals surface area (Å²) in [4.78, 5) is 10.4. The lowest BCUT2D eigenvalue weighted by atomic mass is 10.2. The third-order valence-electron chi connectivity index (χ3n) is 3.46. The van der Waals surface area contributed by atoms with E-state index in [1.54, 1.807) is 12.4 Å². The van der Waals surface area contributed by atoms with Crippen LogP contribution in [0.25, 0.3) is 11.4 Å². The summed E-state index contributed by atoms with van der Waals surface area (Å²) in [7, 11) is 1.94. The third-order valence-corrected chi connectivity index (χ3v) is 3.46. The fourth-order valence-electron chi connectivity index (χ4n) is 2.18. The SMILES string of the molecule is CN(Cc1nc(-c2cccnc2)no1)CC(O)C1CC1. The average molecular weight is 274 g/mol. The van der Waals surface area contributed by atoms with Crippen LogP contribution in [0.1, 0.15) is 18.7 Å².